The Bertz CT molecular complexity index is 1100. The van der Waals surface area contributed by atoms with Crippen LogP contribution in [0.25, 0.3) is 0 Å². The first-order chi connectivity index (χ1) is 14.3. The van der Waals surface area contributed by atoms with Crippen molar-refractivity contribution in [3.63, 3.8) is 0 Å². The molecule has 0 fully saturated rings. The van der Waals surface area contributed by atoms with E-state index < -0.39 is 23.7 Å². The van der Waals surface area contributed by atoms with Gasteiger partial charge >= 0.3 is 11.9 Å². The van der Waals surface area contributed by atoms with Crippen molar-refractivity contribution in [3.05, 3.63) is 65.7 Å². The van der Waals surface area contributed by atoms with E-state index in [4.69, 9.17) is 4.84 Å². The van der Waals surface area contributed by atoms with Gasteiger partial charge in [-0.3, -0.25) is 0 Å². The minimum Gasteiger partial charge on any atom is -0.508 e. The summed E-state index contributed by atoms with van der Waals surface area (Å²) in [6, 6.07) is 12.8. The summed E-state index contributed by atoms with van der Waals surface area (Å²) in [6.07, 6.45) is -0.0738. The molecule has 10 heteroatoms. The molecule has 0 atom stereocenters. The zero-order valence-electron chi connectivity index (χ0n) is 15.5. The van der Waals surface area contributed by atoms with Gasteiger partial charge in [-0.25, -0.2) is 9.59 Å². The number of carbonyl (C=O) groups is 2. The van der Waals surface area contributed by atoms with Crippen LogP contribution in [0.3, 0.4) is 0 Å². The number of phenolic OH excluding ortho intramolecular Hbond substituents is 1. The van der Waals surface area contributed by atoms with Crippen molar-refractivity contribution >= 4 is 23.3 Å². The van der Waals surface area contributed by atoms with Crippen molar-refractivity contribution in [1.29, 1.82) is 0 Å². The van der Waals surface area contributed by atoms with E-state index in [9.17, 15) is 30.0 Å². The van der Waals surface area contributed by atoms with Gasteiger partial charge in [0.25, 0.3) is 0 Å². The van der Waals surface area contributed by atoms with Crippen LogP contribution in [0.2, 0.25) is 0 Å². The molecule has 1 heterocycles. The summed E-state index contributed by atoms with van der Waals surface area (Å²) in [6.45, 7) is 0. The highest BCUT2D eigenvalue weighted by atomic mass is 16.7. The first-order valence-corrected chi connectivity index (χ1v) is 8.72. The van der Waals surface area contributed by atoms with Crippen LogP contribution in [0, 0.1) is 0 Å². The molecule has 3 aromatic rings. The molecule has 0 amide bonds. The second-order valence-corrected chi connectivity index (χ2v) is 6.14. The Morgan fingerprint density at radius 1 is 0.933 bits per heavy atom. The van der Waals surface area contributed by atoms with Crippen molar-refractivity contribution in [2.24, 2.45) is 10.2 Å². The molecule has 0 spiro atoms. The van der Waals surface area contributed by atoms with Gasteiger partial charge in [-0.15, -0.1) is 9.84 Å². The van der Waals surface area contributed by atoms with Crippen LogP contribution >= 0.6 is 0 Å². The Hall–Kier alpha value is -4.34. The van der Waals surface area contributed by atoms with Gasteiger partial charge in [0.15, 0.2) is 0 Å². The minimum atomic E-state index is -1.13. The second-order valence-electron chi connectivity index (χ2n) is 6.14. The van der Waals surface area contributed by atoms with Crippen molar-refractivity contribution in [2.75, 3.05) is 0 Å². The molecule has 0 aliphatic heterocycles. The van der Waals surface area contributed by atoms with Gasteiger partial charge in [0, 0.05) is 12.1 Å². The van der Waals surface area contributed by atoms with Crippen LogP contribution in [-0.2, 0) is 11.2 Å². The fourth-order valence-corrected chi connectivity index (χ4v) is 2.57. The van der Waals surface area contributed by atoms with E-state index in [-0.39, 0.29) is 29.8 Å². The topological polar surface area (TPSA) is 154 Å². The molecular weight excluding hydrogens is 394 g/mol. The summed E-state index contributed by atoms with van der Waals surface area (Å²) in [5, 5.41) is 46.1. The fraction of sp³-hybridized carbons (Fsp3) is 0.100. The number of aromatic carboxylic acids is 1. The monoisotopic (exact) mass is 411 g/mol. The Morgan fingerprint density at radius 2 is 1.63 bits per heavy atom. The van der Waals surface area contributed by atoms with Gasteiger partial charge in [0.05, 0.1) is 17.7 Å². The lowest BCUT2D eigenvalue weighted by atomic mass is 10.1. The maximum absolute atomic E-state index is 12.0. The lowest BCUT2D eigenvalue weighted by molar-refractivity contribution is -0.145. The standard InChI is InChI=1S/C20H17N3O7/c24-16-7-6-13(21-22-15-4-2-1-3-14(15)20(28)29)11-12(16)5-10-19(27)30-23-17(25)8-9-18(23)26/h1-4,6-9,11,24-26H,5,10H2,(H,28,29). The summed E-state index contributed by atoms with van der Waals surface area (Å²) in [5.74, 6) is -2.83. The number of azo groups is 1. The number of hydrogen-bond donors (Lipinski definition) is 4. The Balaban J connectivity index is 1.70. The van der Waals surface area contributed by atoms with E-state index in [0.29, 0.717) is 16.0 Å². The van der Waals surface area contributed by atoms with Gasteiger partial charge in [0.1, 0.15) is 11.4 Å². The number of aromatic nitrogens is 1. The molecule has 0 bridgehead atoms. The molecule has 0 aliphatic rings. The van der Waals surface area contributed by atoms with E-state index in [1.54, 1.807) is 12.1 Å². The molecule has 3 rings (SSSR count). The highest BCUT2D eigenvalue weighted by Crippen LogP contribution is 2.27. The SMILES string of the molecule is O=C(CCc1cc(N=Nc2ccccc2C(=O)O)ccc1O)On1c(O)ccc1O. The Morgan fingerprint density at radius 3 is 2.33 bits per heavy atom. The number of benzene rings is 2. The molecule has 0 aliphatic carbocycles. The van der Waals surface area contributed by atoms with Gasteiger partial charge < -0.3 is 25.3 Å². The summed E-state index contributed by atoms with van der Waals surface area (Å²) in [5.41, 5.74) is 0.905. The summed E-state index contributed by atoms with van der Waals surface area (Å²) < 4.78 is 0.576. The number of aryl methyl sites for hydroxylation is 1. The van der Waals surface area contributed by atoms with E-state index in [1.165, 1.54) is 30.3 Å². The molecular formula is C20H17N3O7. The van der Waals surface area contributed by atoms with Crippen LogP contribution in [-0.4, -0.2) is 37.1 Å². The third-order valence-corrected chi connectivity index (χ3v) is 4.06. The van der Waals surface area contributed by atoms with Gasteiger partial charge in [0.2, 0.25) is 11.8 Å². The lowest BCUT2D eigenvalue weighted by Crippen LogP contribution is -2.19. The quantitative estimate of drug-likeness (QED) is 0.435. The average Bonchev–Trinajstić information content (AvgIpc) is 3.04. The smallest absolute Gasteiger partial charge is 0.337 e. The number of hydrogen-bond acceptors (Lipinski definition) is 8. The number of carbonyl (C=O) groups excluding carboxylic acids is 1. The van der Waals surface area contributed by atoms with Crippen LogP contribution in [0.4, 0.5) is 11.4 Å². The molecule has 10 nitrogen and oxygen atoms in total. The molecule has 4 N–H and O–H groups in total. The predicted octanol–water partition coefficient (Wildman–Crippen LogP) is 3.31. The molecule has 0 saturated heterocycles. The zero-order chi connectivity index (χ0) is 21.7. The first kappa shape index (κ1) is 20.4. The number of aromatic hydroxyl groups is 3. The molecule has 0 unspecified atom stereocenters. The maximum Gasteiger partial charge on any atom is 0.337 e. The van der Waals surface area contributed by atoms with Crippen LogP contribution in [0.15, 0.2) is 64.8 Å². The third kappa shape index (κ3) is 4.73. The van der Waals surface area contributed by atoms with Crippen molar-refractivity contribution in [3.8, 4) is 17.5 Å². The predicted molar refractivity (Wildman–Crippen MR) is 103 cm³/mol. The van der Waals surface area contributed by atoms with Crippen molar-refractivity contribution in [1.82, 2.24) is 4.73 Å². The van der Waals surface area contributed by atoms with Gasteiger partial charge in [-0.1, -0.05) is 12.1 Å². The van der Waals surface area contributed by atoms with E-state index in [2.05, 4.69) is 10.2 Å². The maximum atomic E-state index is 12.0. The van der Waals surface area contributed by atoms with Gasteiger partial charge in [-0.05, 0) is 42.3 Å². The van der Waals surface area contributed by atoms with Crippen LogP contribution < -0.4 is 4.84 Å². The summed E-state index contributed by atoms with van der Waals surface area (Å²) >= 11 is 0. The Labute approximate surface area is 169 Å². The molecule has 154 valence electrons. The number of carboxylic acids is 1. The number of phenols is 1. The van der Waals surface area contributed by atoms with Crippen molar-refractivity contribution < 1.29 is 34.9 Å². The highest BCUT2D eigenvalue weighted by molar-refractivity contribution is 5.93. The van der Waals surface area contributed by atoms with E-state index >= 15 is 0 Å². The third-order valence-electron chi connectivity index (χ3n) is 4.06. The number of nitrogens with zero attached hydrogens (tertiary/aromatic N) is 3. The summed E-state index contributed by atoms with van der Waals surface area (Å²) in [7, 11) is 0. The van der Waals surface area contributed by atoms with Gasteiger partial charge in [-0.2, -0.15) is 5.11 Å². The normalized spacial score (nSPS) is 10.9. The first-order valence-electron chi connectivity index (χ1n) is 8.72. The Kier molecular flexibility index (Phi) is 5.97. The molecule has 0 radical (unpaired) electrons. The van der Waals surface area contributed by atoms with Crippen LogP contribution in [0.1, 0.15) is 22.3 Å². The number of carboxylic acid groups (broad SMARTS) is 1. The number of rotatable bonds is 7. The van der Waals surface area contributed by atoms with Crippen molar-refractivity contribution in [2.45, 2.75) is 12.8 Å². The van der Waals surface area contributed by atoms with E-state index in [1.807, 2.05) is 0 Å². The highest BCUT2D eigenvalue weighted by Gasteiger charge is 2.14. The molecule has 0 saturated carbocycles. The lowest BCUT2D eigenvalue weighted by Gasteiger charge is -2.08. The minimum absolute atomic E-state index is 0.000450. The zero-order valence-corrected chi connectivity index (χ0v) is 15.5. The van der Waals surface area contributed by atoms with E-state index in [0.717, 1.165) is 12.1 Å². The second kappa shape index (κ2) is 8.78. The molecule has 30 heavy (non-hydrogen) atoms. The van der Waals surface area contributed by atoms with Crippen LogP contribution in [0.5, 0.6) is 17.5 Å². The average molecular weight is 411 g/mol. The summed E-state index contributed by atoms with van der Waals surface area (Å²) in [4.78, 5) is 28.0. The largest absolute Gasteiger partial charge is 0.508 e. The molecule has 1 aromatic heterocycles. The molecule has 2 aromatic carbocycles. The fourth-order valence-electron chi connectivity index (χ4n) is 2.57.